The Kier molecular flexibility index (Phi) is 2.89. The number of aliphatic hydroxyl groups excluding tert-OH is 1. The largest absolute Gasteiger partial charge is 0.472 e. The molecule has 14 heavy (non-hydrogen) atoms. The molecule has 0 radical (unpaired) electrons. The molecular formula is C11H17NO2. The molecule has 1 aliphatic heterocycles. The minimum Gasteiger partial charge on any atom is -0.472 e. The average molecular weight is 195 g/mol. The number of furan rings is 1. The van der Waals surface area contributed by atoms with E-state index < -0.39 is 0 Å². The third kappa shape index (κ3) is 1.83. The van der Waals surface area contributed by atoms with E-state index in [0.717, 1.165) is 13.1 Å². The molecule has 1 N–H and O–H groups in total. The van der Waals surface area contributed by atoms with Crippen molar-refractivity contribution < 1.29 is 9.52 Å². The van der Waals surface area contributed by atoms with Crippen molar-refractivity contribution in [2.24, 2.45) is 5.92 Å². The van der Waals surface area contributed by atoms with Gasteiger partial charge in [0.1, 0.15) is 0 Å². The van der Waals surface area contributed by atoms with Crippen molar-refractivity contribution in [3.8, 4) is 0 Å². The Morgan fingerprint density at radius 3 is 3.14 bits per heavy atom. The highest BCUT2D eigenvalue weighted by Gasteiger charge is 2.30. The summed E-state index contributed by atoms with van der Waals surface area (Å²) in [6.45, 7) is 4.44. The maximum Gasteiger partial charge on any atom is 0.0947 e. The first-order chi connectivity index (χ1) is 6.81. The molecule has 2 heterocycles. The van der Waals surface area contributed by atoms with Gasteiger partial charge in [0, 0.05) is 18.2 Å². The zero-order chi connectivity index (χ0) is 9.97. The Morgan fingerprint density at radius 1 is 1.64 bits per heavy atom. The van der Waals surface area contributed by atoms with Crippen LogP contribution in [0, 0.1) is 5.92 Å². The monoisotopic (exact) mass is 195 g/mol. The van der Waals surface area contributed by atoms with E-state index in [1.165, 1.54) is 12.0 Å². The molecule has 2 rings (SSSR count). The fourth-order valence-electron chi connectivity index (χ4n) is 2.20. The molecular weight excluding hydrogens is 178 g/mol. The first-order valence-corrected chi connectivity index (χ1v) is 5.17. The highest BCUT2D eigenvalue weighted by molar-refractivity contribution is 5.06. The van der Waals surface area contributed by atoms with Gasteiger partial charge in [-0.3, -0.25) is 4.90 Å². The summed E-state index contributed by atoms with van der Waals surface area (Å²) in [5.74, 6) is 0.604. The average Bonchev–Trinajstić information content (AvgIpc) is 2.77. The highest BCUT2D eigenvalue weighted by atomic mass is 16.3. The van der Waals surface area contributed by atoms with Crippen molar-refractivity contribution in [2.45, 2.75) is 25.9 Å². The zero-order valence-electron chi connectivity index (χ0n) is 8.52. The van der Waals surface area contributed by atoms with Crippen LogP contribution in [0.5, 0.6) is 0 Å². The van der Waals surface area contributed by atoms with Crippen LogP contribution in [-0.4, -0.2) is 29.2 Å². The van der Waals surface area contributed by atoms with Crippen LogP contribution in [0.15, 0.2) is 23.0 Å². The molecule has 1 aromatic heterocycles. The molecule has 0 saturated carbocycles. The maximum absolute atomic E-state index is 9.27. The van der Waals surface area contributed by atoms with Crippen molar-refractivity contribution in [2.75, 3.05) is 13.2 Å². The number of rotatable bonds is 3. The van der Waals surface area contributed by atoms with Crippen LogP contribution in [0.2, 0.25) is 0 Å². The van der Waals surface area contributed by atoms with E-state index in [9.17, 15) is 5.11 Å². The molecule has 78 valence electrons. The fourth-order valence-corrected chi connectivity index (χ4v) is 2.20. The highest BCUT2D eigenvalue weighted by Crippen LogP contribution is 2.25. The van der Waals surface area contributed by atoms with Crippen LogP contribution < -0.4 is 0 Å². The Bertz CT molecular complexity index is 271. The summed E-state index contributed by atoms with van der Waals surface area (Å²) < 4.78 is 5.03. The molecule has 1 fully saturated rings. The molecule has 0 aliphatic carbocycles. The molecule has 2 atom stereocenters. The van der Waals surface area contributed by atoms with Gasteiger partial charge in [-0.05, 0) is 24.9 Å². The summed E-state index contributed by atoms with van der Waals surface area (Å²) in [6.07, 6.45) is 4.66. The summed E-state index contributed by atoms with van der Waals surface area (Å²) in [4.78, 5) is 2.33. The van der Waals surface area contributed by atoms with Crippen LogP contribution in [0.3, 0.4) is 0 Å². The van der Waals surface area contributed by atoms with Gasteiger partial charge in [-0.1, -0.05) is 6.92 Å². The van der Waals surface area contributed by atoms with E-state index >= 15 is 0 Å². The second-order valence-corrected chi connectivity index (χ2v) is 4.12. The zero-order valence-corrected chi connectivity index (χ0v) is 8.52. The molecule has 1 aliphatic rings. The predicted molar refractivity (Wildman–Crippen MR) is 53.8 cm³/mol. The fraction of sp³-hybridized carbons (Fsp3) is 0.636. The SMILES string of the molecule is CC1CCN(Cc2ccoc2)C1CO. The van der Waals surface area contributed by atoms with Crippen LogP contribution in [0.25, 0.3) is 0 Å². The normalized spacial score (nSPS) is 28.4. The predicted octanol–water partition coefficient (Wildman–Crippen LogP) is 1.48. The lowest BCUT2D eigenvalue weighted by Gasteiger charge is -2.24. The van der Waals surface area contributed by atoms with E-state index in [2.05, 4.69) is 11.8 Å². The van der Waals surface area contributed by atoms with Gasteiger partial charge in [0.2, 0.25) is 0 Å². The topological polar surface area (TPSA) is 36.6 Å². The third-order valence-corrected chi connectivity index (χ3v) is 3.15. The van der Waals surface area contributed by atoms with Gasteiger partial charge in [-0.15, -0.1) is 0 Å². The number of nitrogens with zero attached hydrogens (tertiary/aromatic N) is 1. The van der Waals surface area contributed by atoms with Crippen LogP contribution >= 0.6 is 0 Å². The van der Waals surface area contributed by atoms with E-state index in [1.807, 2.05) is 6.07 Å². The smallest absolute Gasteiger partial charge is 0.0947 e. The van der Waals surface area contributed by atoms with Gasteiger partial charge < -0.3 is 9.52 Å². The second kappa shape index (κ2) is 4.15. The summed E-state index contributed by atoms with van der Waals surface area (Å²) in [5, 5.41) is 9.27. The summed E-state index contributed by atoms with van der Waals surface area (Å²) in [7, 11) is 0. The Balaban J connectivity index is 1.98. The van der Waals surface area contributed by atoms with Crippen molar-refractivity contribution in [3.63, 3.8) is 0 Å². The molecule has 1 aromatic rings. The molecule has 0 bridgehead atoms. The van der Waals surface area contributed by atoms with Gasteiger partial charge in [0.05, 0.1) is 19.1 Å². The summed E-state index contributed by atoms with van der Waals surface area (Å²) in [5.41, 5.74) is 1.19. The first-order valence-electron chi connectivity index (χ1n) is 5.17. The maximum atomic E-state index is 9.27. The first kappa shape index (κ1) is 9.74. The van der Waals surface area contributed by atoms with Gasteiger partial charge >= 0.3 is 0 Å². The number of hydrogen-bond donors (Lipinski definition) is 1. The molecule has 3 nitrogen and oxygen atoms in total. The second-order valence-electron chi connectivity index (χ2n) is 4.12. The van der Waals surface area contributed by atoms with Gasteiger partial charge in [0.15, 0.2) is 0 Å². The molecule has 0 amide bonds. The lowest BCUT2D eigenvalue weighted by molar-refractivity contribution is 0.134. The summed E-state index contributed by atoms with van der Waals surface area (Å²) >= 11 is 0. The standard InChI is InChI=1S/C11H17NO2/c1-9-2-4-12(11(9)7-13)6-10-3-5-14-8-10/h3,5,8-9,11,13H,2,4,6-7H2,1H3. The Morgan fingerprint density at radius 2 is 2.50 bits per heavy atom. The summed E-state index contributed by atoms with van der Waals surface area (Å²) in [6, 6.07) is 2.31. The van der Waals surface area contributed by atoms with Crippen LogP contribution in [-0.2, 0) is 6.54 Å². The van der Waals surface area contributed by atoms with Crippen molar-refractivity contribution >= 4 is 0 Å². The van der Waals surface area contributed by atoms with Gasteiger partial charge in [-0.2, -0.15) is 0 Å². The van der Waals surface area contributed by atoms with E-state index in [4.69, 9.17) is 4.42 Å². The van der Waals surface area contributed by atoms with Crippen LogP contribution in [0.1, 0.15) is 18.9 Å². The minimum absolute atomic E-state index is 0.263. The van der Waals surface area contributed by atoms with E-state index in [1.54, 1.807) is 12.5 Å². The molecule has 0 aromatic carbocycles. The minimum atomic E-state index is 0.263. The van der Waals surface area contributed by atoms with Gasteiger partial charge in [0.25, 0.3) is 0 Å². The Hall–Kier alpha value is -0.800. The number of aliphatic hydroxyl groups is 1. The molecule has 0 spiro atoms. The van der Waals surface area contributed by atoms with E-state index in [-0.39, 0.29) is 6.61 Å². The molecule has 1 saturated heterocycles. The number of likely N-dealkylation sites (tertiary alicyclic amines) is 1. The van der Waals surface area contributed by atoms with Crippen molar-refractivity contribution in [3.05, 3.63) is 24.2 Å². The third-order valence-electron chi connectivity index (χ3n) is 3.15. The van der Waals surface area contributed by atoms with Crippen molar-refractivity contribution in [1.29, 1.82) is 0 Å². The van der Waals surface area contributed by atoms with E-state index in [0.29, 0.717) is 12.0 Å². The Labute approximate surface area is 84.3 Å². The lowest BCUT2D eigenvalue weighted by atomic mass is 10.0. The van der Waals surface area contributed by atoms with Crippen LogP contribution in [0.4, 0.5) is 0 Å². The lowest BCUT2D eigenvalue weighted by Crippen LogP contribution is -2.34. The quantitative estimate of drug-likeness (QED) is 0.793. The molecule has 3 heteroatoms. The number of hydrogen-bond acceptors (Lipinski definition) is 3. The van der Waals surface area contributed by atoms with Gasteiger partial charge in [-0.25, -0.2) is 0 Å². The molecule has 2 unspecified atom stereocenters. The van der Waals surface area contributed by atoms with Crippen molar-refractivity contribution in [1.82, 2.24) is 4.90 Å².